The van der Waals surface area contributed by atoms with Gasteiger partial charge in [0.05, 0.1) is 5.69 Å². The molecule has 0 bridgehead atoms. The summed E-state index contributed by atoms with van der Waals surface area (Å²) in [4.78, 5) is 18.3. The number of hydrogen-bond donors (Lipinski definition) is 1. The number of amides is 1. The van der Waals surface area contributed by atoms with Gasteiger partial charge >= 0.3 is 0 Å². The molecular weight excluding hydrogens is 316 g/mol. The first kappa shape index (κ1) is 14.2. The van der Waals surface area contributed by atoms with E-state index in [9.17, 15) is 4.79 Å². The molecule has 2 aliphatic rings. The van der Waals surface area contributed by atoms with Crippen LogP contribution >= 0.6 is 22.9 Å². The van der Waals surface area contributed by atoms with Crippen molar-refractivity contribution < 1.29 is 4.79 Å². The van der Waals surface area contributed by atoms with Crippen molar-refractivity contribution in [3.05, 3.63) is 45.4 Å². The van der Waals surface area contributed by atoms with E-state index < -0.39 is 0 Å². The van der Waals surface area contributed by atoms with Gasteiger partial charge in [0.15, 0.2) is 5.13 Å². The van der Waals surface area contributed by atoms with Crippen molar-refractivity contribution in [1.29, 1.82) is 0 Å². The lowest BCUT2D eigenvalue weighted by Crippen LogP contribution is -2.14. The standard InChI is InChI=1S/C17H17ClN2OS/c18-11-7-5-10(6-8-11)12-9-13(12)16(21)20-17-19-14-3-1-2-4-15(14)22-17/h5-8,12-13H,1-4,9H2,(H,19,20,21). The smallest absolute Gasteiger partial charge is 0.229 e. The first-order valence-corrected chi connectivity index (χ1v) is 8.95. The number of carbonyl (C=O) groups excluding carboxylic acids is 1. The van der Waals surface area contributed by atoms with E-state index in [4.69, 9.17) is 11.6 Å². The Hall–Kier alpha value is -1.39. The number of nitrogens with zero attached hydrogens (tertiary/aromatic N) is 1. The van der Waals surface area contributed by atoms with E-state index in [1.807, 2.05) is 24.3 Å². The molecular formula is C17H17ClN2OS. The average Bonchev–Trinajstić information content (AvgIpc) is 3.21. The molecule has 2 aliphatic carbocycles. The van der Waals surface area contributed by atoms with Crippen LogP contribution in [0.2, 0.25) is 5.02 Å². The van der Waals surface area contributed by atoms with Crippen LogP contribution in [0.3, 0.4) is 0 Å². The minimum Gasteiger partial charge on any atom is -0.302 e. The van der Waals surface area contributed by atoms with Crippen LogP contribution in [0.5, 0.6) is 0 Å². The van der Waals surface area contributed by atoms with Crippen LogP contribution < -0.4 is 5.32 Å². The molecule has 0 spiro atoms. The van der Waals surface area contributed by atoms with Crippen LogP contribution in [-0.2, 0) is 17.6 Å². The summed E-state index contributed by atoms with van der Waals surface area (Å²) < 4.78 is 0. The fourth-order valence-corrected chi connectivity index (χ4v) is 4.35. The summed E-state index contributed by atoms with van der Waals surface area (Å²) >= 11 is 7.55. The van der Waals surface area contributed by atoms with Crippen molar-refractivity contribution in [2.24, 2.45) is 5.92 Å². The van der Waals surface area contributed by atoms with E-state index in [0.717, 1.165) is 29.4 Å². The molecule has 0 saturated heterocycles. The number of aryl methyl sites for hydroxylation is 2. The van der Waals surface area contributed by atoms with Crippen LogP contribution in [-0.4, -0.2) is 10.9 Å². The molecule has 1 N–H and O–H groups in total. The van der Waals surface area contributed by atoms with Gasteiger partial charge in [-0.2, -0.15) is 0 Å². The van der Waals surface area contributed by atoms with E-state index >= 15 is 0 Å². The summed E-state index contributed by atoms with van der Waals surface area (Å²) in [6, 6.07) is 7.81. The summed E-state index contributed by atoms with van der Waals surface area (Å²) in [6.07, 6.45) is 5.53. The molecule has 1 heterocycles. The molecule has 3 nitrogen and oxygen atoms in total. The number of thiazole rings is 1. The SMILES string of the molecule is O=C(Nc1nc2c(s1)CCCC2)C1CC1c1ccc(Cl)cc1. The Morgan fingerprint density at radius 3 is 2.77 bits per heavy atom. The largest absolute Gasteiger partial charge is 0.302 e. The van der Waals surface area contributed by atoms with Gasteiger partial charge in [0.2, 0.25) is 5.91 Å². The predicted octanol–water partition coefficient (Wildman–Crippen LogP) is 4.42. The van der Waals surface area contributed by atoms with E-state index in [-0.39, 0.29) is 11.8 Å². The highest BCUT2D eigenvalue weighted by Gasteiger charge is 2.44. The zero-order chi connectivity index (χ0) is 15.1. The van der Waals surface area contributed by atoms with Gasteiger partial charge in [0.25, 0.3) is 0 Å². The van der Waals surface area contributed by atoms with Crippen LogP contribution in [0.25, 0.3) is 0 Å². The van der Waals surface area contributed by atoms with Crippen LogP contribution in [0.15, 0.2) is 24.3 Å². The van der Waals surface area contributed by atoms with Crippen molar-refractivity contribution in [1.82, 2.24) is 4.98 Å². The Kier molecular flexibility index (Phi) is 3.66. The minimum absolute atomic E-state index is 0.0714. The highest BCUT2D eigenvalue weighted by atomic mass is 35.5. The zero-order valence-electron chi connectivity index (χ0n) is 12.1. The van der Waals surface area contributed by atoms with Crippen LogP contribution in [0.1, 0.15) is 41.3 Å². The molecule has 1 saturated carbocycles. The molecule has 4 rings (SSSR count). The maximum absolute atomic E-state index is 12.4. The maximum atomic E-state index is 12.4. The Balaban J connectivity index is 1.41. The van der Waals surface area contributed by atoms with Crippen molar-refractivity contribution in [3.8, 4) is 0 Å². The number of rotatable bonds is 3. The van der Waals surface area contributed by atoms with Crippen molar-refractivity contribution >= 4 is 34.0 Å². The average molecular weight is 333 g/mol. The van der Waals surface area contributed by atoms with Gasteiger partial charge in [0.1, 0.15) is 0 Å². The Morgan fingerprint density at radius 1 is 1.23 bits per heavy atom. The highest BCUT2D eigenvalue weighted by molar-refractivity contribution is 7.15. The van der Waals surface area contributed by atoms with E-state index in [1.54, 1.807) is 11.3 Å². The highest BCUT2D eigenvalue weighted by Crippen LogP contribution is 2.48. The summed E-state index contributed by atoms with van der Waals surface area (Å²) in [5, 5.41) is 4.53. The summed E-state index contributed by atoms with van der Waals surface area (Å²) in [6.45, 7) is 0. The lowest BCUT2D eigenvalue weighted by Gasteiger charge is -2.06. The number of halogens is 1. The number of benzene rings is 1. The van der Waals surface area contributed by atoms with Gasteiger partial charge in [-0.3, -0.25) is 4.79 Å². The third-order valence-corrected chi connectivity index (χ3v) is 5.83. The number of carbonyl (C=O) groups is 1. The molecule has 1 fully saturated rings. The summed E-state index contributed by atoms with van der Waals surface area (Å²) in [7, 11) is 0. The van der Waals surface area contributed by atoms with Crippen molar-refractivity contribution in [2.75, 3.05) is 5.32 Å². The van der Waals surface area contributed by atoms with Gasteiger partial charge < -0.3 is 5.32 Å². The van der Waals surface area contributed by atoms with Gasteiger partial charge in [-0.15, -0.1) is 11.3 Å². The fourth-order valence-electron chi connectivity index (χ4n) is 3.17. The molecule has 1 aromatic heterocycles. The van der Waals surface area contributed by atoms with Gasteiger partial charge in [0, 0.05) is 15.8 Å². The second-order valence-corrected chi connectivity index (χ2v) is 7.61. The Labute approximate surface area is 138 Å². The quantitative estimate of drug-likeness (QED) is 0.904. The molecule has 2 atom stereocenters. The van der Waals surface area contributed by atoms with Crippen molar-refractivity contribution in [3.63, 3.8) is 0 Å². The normalized spacial score (nSPS) is 23.0. The second-order valence-electron chi connectivity index (χ2n) is 6.09. The monoisotopic (exact) mass is 332 g/mol. The van der Waals surface area contributed by atoms with E-state index in [0.29, 0.717) is 5.92 Å². The molecule has 2 aromatic rings. The van der Waals surface area contributed by atoms with Gasteiger partial charge in [-0.25, -0.2) is 4.98 Å². The number of fused-ring (bicyclic) bond motifs is 1. The van der Waals surface area contributed by atoms with Crippen LogP contribution in [0, 0.1) is 5.92 Å². The Morgan fingerprint density at radius 2 is 2.00 bits per heavy atom. The van der Waals surface area contributed by atoms with E-state index in [2.05, 4.69) is 10.3 Å². The van der Waals surface area contributed by atoms with E-state index in [1.165, 1.54) is 29.0 Å². The first-order chi connectivity index (χ1) is 10.7. The molecule has 22 heavy (non-hydrogen) atoms. The Bertz CT molecular complexity index is 686. The predicted molar refractivity (Wildman–Crippen MR) is 89.7 cm³/mol. The molecule has 0 aliphatic heterocycles. The molecule has 5 heteroatoms. The zero-order valence-corrected chi connectivity index (χ0v) is 13.7. The third-order valence-electron chi connectivity index (χ3n) is 4.50. The molecule has 1 amide bonds. The fraction of sp³-hybridized carbons (Fsp3) is 0.412. The lowest BCUT2D eigenvalue weighted by atomic mass is 10.0. The van der Waals surface area contributed by atoms with Gasteiger partial charge in [-0.1, -0.05) is 23.7 Å². The number of nitrogens with one attached hydrogen (secondary N) is 1. The first-order valence-electron chi connectivity index (χ1n) is 7.75. The summed E-state index contributed by atoms with van der Waals surface area (Å²) in [5.41, 5.74) is 2.39. The summed E-state index contributed by atoms with van der Waals surface area (Å²) in [5.74, 6) is 0.500. The third kappa shape index (κ3) is 2.77. The number of hydrogen-bond acceptors (Lipinski definition) is 3. The topological polar surface area (TPSA) is 42.0 Å². The number of anilines is 1. The molecule has 2 unspecified atom stereocenters. The van der Waals surface area contributed by atoms with Crippen LogP contribution in [0.4, 0.5) is 5.13 Å². The lowest BCUT2D eigenvalue weighted by molar-refractivity contribution is -0.117. The maximum Gasteiger partial charge on any atom is 0.229 e. The van der Waals surface area contributed by atoms with Gasteiger partial charge in [-0.05, 0) is 55.7 Å². The molecule has 0 radical (unpaired) electrons. The molecule has 114 valence electrons. The second kappa shape index (κ2) is 5.67. The number of aromatic nitrogens is 1. The van der Waals surface area contributed by atoms with Crippen molar-refractivity contribution in [2.45, 2.75) is 38.0 Å². The minimum atomic E-state index is 0.0714. The molecule has 1 aromatic carbocycles.